The molecule has 1 aromatic heterocycles. The van der Waals surface area contributed by atoms with Gasteiger partial charge in [-0.25, -0.2) is 13.2 Å². The van der Waals surface area contributed by atoms with Crippen LogP contribution in [0.1, 0.15) is 27.7 Å². The van der Waals surface area contributed by atoms with E-state index in [0.717, 1.165) is 24.2 Å². The minimum absolute atomic E-state index is 0.157. The van der Waals surface area contributed by atoms with E-state index in [2.05, 4.69) is 15.1 Å². The van der Waals surface area contributed by atoms with E-state index in [-0.39, 0.29) is 24.3 Å². The number of hydrogen-bond acceptors (Lipinski definition) is 7. The van der Waals surface area contributed by atoms with Gasteiger partial charge in [0.25, 0.3) is 6.47 Å². The molecule has 0 radical (unpaired) electrons. The van der Waals surface area contributed by atoms with Crippen molar-refractivity contribution in [2.45, 2.75) is 12.6 Å². The number of likely N-dealkylation sites (tertiary alicyclic amines) is 1. The van der Waals surface area contributed by atoms with Gasteiger partial charge in [-0.05, 0) is 17.4 Å². The molecule has 1 aromatic carbocycles. The zero-order chi connectivity index (χ0) is 22.6. The molecule has 0 amide bonds. The Bertz CT molecular complexity index is 1010. The first kappa shape index (κ1) is 22.9. The van der Waals surface area contributed by atoms with Crippen molar-refractivity contribution in [3.05, 3.63) is 53.3 Å². The lowest BCUT2D eigenvalue weighted by atomic mass is 9.90. The first-order valence-corrected chi connectivity index (χ1v) is 11.6. The SMILES string of the molecule is COC(=O)c1[nH]ncc1CN1C[C@@H]2CN(S(C)(=O)=O)[C@@H](c3ccccc3)[C@@H]2C1.O=CO. The zero-order valence-corrected chi connectivity index (χ0v) is 18.2. The largest absolute Gasteiger partial charge is 0.483 e. The molecule has 0 unspecified atom stereocenters. The molecule has 0 saturated carbocycles. The van der Waals surface area contributed by atoms with Gasteiger partial charge in [0.15, 0.2) is 0 Å². The molecule has 0 spiro atoms. The van der Waals surface area contributed by atoms with E-state index >= 15 is 0 Å². The molecule has 2 aromatic rings. The van der Waals surface area contributed by atoms with Crippen LogP contribution in [-0.2, 0) is 26.1 Å². The number of H-pyrrole nitrogens is 1. The Balaban J connectivity index is 0.000000858. The molecule has 2 aliphatic heterocycles. The highest BCUT2D eigenvalue weighted by molar-refractivity contribution is 7.88. The summed E-state index contributed by atoms with van der Waals surface area (Å²) >= 11 is 0. The van der Waals surface area contributed by atoms with Crippen LogP contribution in [0.15, 0.2) is 36.5 Å². The van der Waals surface area contributed by atoms with Crippen molar-refractivity contribution in [1.29, 1.82) is 0 Å². The van der Waals surface area contributed by atoms with Gasteiger partial charge in [-0.15, -0.1) is 0 Å². The lowest BCUT2D eigenvalue weighted by Gasteiger charge is -2.28. The summed E-state index contributed by atoms with van der Waals surface area (Å²) in [5, 5.41) is 13.6. The number of methoxy groups -OCH3 is 1. The molecular weight excluding hydrogens is 424 g/mol. The van der Waals surface area contributed by atoms with E-state index in [1.54, 1.807) is 10.5 Å². The number of esters is 1. The van der Waals surface area contributed by atoms with E-state index in [1.807, 2.05) is 30.3 Å². The zero-order valence-electron chi connectivity index (χ0n) is 17.3. The number of aromatic amines is 1. The molecule has 11 heteroatoms. The molecular formula is C20H26N4O6S. The predicted molar refractivity (Wildman–Crippen MR) is 112 cm³/mol. The number of ether oxygens (including phenoxy) is 1. The number of nitrogens with one attached hydrogen (secondary N) is 1. The quantitative estimate of drug-likeness (QED) is 0.508. The number of carbonyl (C=O) groups excluding carboxylic acids is 1. The number of fused-ring (bicyclic) bond motifs is 1. The fourth-order valence-electron chi connectivity index (χ4n) is 4.58. The standard InChI is InChI=1S/C19H24N4O4S.CH2O2/c1-27-19(24)17-14(8-20-21-17)9-22-10-15-11-23(28(2,25)26)18(16(15)12-22)13-6-4-3-5-7-13;2-1-3/h3-8,15-16,18H,9-12H2,1-2H3,(H,20,21);1H,(H,2,3)/t15-,16-,18+;/m1./s1. The molecule has 10 nitrogen and oxygen atoms in total. The topological polar surface area (TPSA) is 133 Å². The van der Waals surface area contributed by atoms with Crippen LogP contribution in [0, 0.1) is 11.8 Å². The number of aromatic nitrogens is 2. The predicted octanol–water partition coefficient (Wildman–Crippen LogP) is 0.962. The third-order valence-electron chi connectivity index (χ3n) is 5.77. The summed E-state index contributed by atoms with van der Waals surface area (Å²) in [7, 11) is -1.95. The van der Waals surface area contributed by atoms with E-state index < -0.39 is 16.0 Å². The van der Waals surface area contributed by atoms with Crippen molar-refractivity contribution in [2.75, 3.05) is 33.0 Å². The molecule has 3 heterocycles. The van der Waals surface area contributed by atoms with Crippen molar-refractivity contribution in [2.24, 2.45) is 11.8 Å². The summed E-state index contributed by atoms with van der Waals surface area (Å²) < 4.78 is 31.2. The van der Waals surface area contributed by atoms with Crippen LogP contribution in [0.4, 0.5) is 0 Å². The average molecular weight is 451 g/mol. The molecule has 2 aliphatic rings. The molecule has 0 aliphatic carbocycles. The van der Waals surface area contributed by atoms with Gasteiger partial charge in [0.05, 0.1) is 25.6 Å². The van der Waals surface area contributed by atoms with E-state index in [4.69, 9.17) is 14.6 Å². The fraction of sp³-hybridized carbons (Fsp3) is 0.450. The number of carboxylic acid groups (broad SMARTS) is 1. The van der Waals surface area contributed by atoms with Crippen LogP contribution in [-0.4, -0.2) is 78.4 Å². The Morgan fingerprint density at radius 1 is 1.29 bits per heavy atom. The van der Waals surface area contributed by atoms with E-state index in [1.165, 1.54) is 13.4 Å². The van der Waals surface area contributed by atoms with Crippen molar-refractivity contribution in [3.63, 3.8) is 0 Å². The molecule has 3 atom stereocenters. The monoisotopic (exact) mass is 450 g/mol. The summed E-state index contributed by atoms with van der Waals surface area (Å²) in [4.78, 5) is 22.5. The number of nitrogens with zero attached hydrogens (tertiary/aromatic N) is 3. The van der Waals surface area contributed by atoms with Crippen LogP contribution in [0.25, 0.3) is 0 Å². The molecule has 0 bridgehead atoms. The smallest absolute Gasteiger partial charge is 0.356 e. The average Bonchev–Trinajstić information content (AvgIpc) is 3.43. The Morgan fingerprint density at radius 3 is 2.58 bits per heavy atom. The molecule has 2 fully saturated rings. The van der Waals surface area contributed by atoms with Crippen LogP contribution in [0.2, 0.25) is 0 Å². The number of carbonyl (C=O) groups is 2. The maximum Gasteiger partial charge on any atom is 0.356 e. The highest BCUT2D eigenvalue weighted by Crippen LogP contribution is 2.46. The van der Waals surface area contributed by atoms with Crippen LogP contribution in [0.3, 0.4) is 0 Å². The van der Waals surface area contributed by atoms with E-state index in [9.17, 15) is 13.2 Å². The molecule has 168 valence electrons. The van der Waals surface area contributed by atoms with E-state index in [0.29, 0.717) is 18.8 Å². The van der Waals surface area contributed by atoms with Gasteiger partial charge < -0.3 is 9.84 Å². The molecule has 2 N–H and O–H groups in total. The summed E-state index contributed by atoms with van der Waals surface area (Å²) in [5.41, 5.74) is 2.20. The van der Waals surface area contributed by atoms with Gasteiger partial charge in [0.1, 0.15) is 5.69 Å². The first-order chi connectivity index (χ1) is 14.8. The lowest BCUT2D eigenvalue weighted by Crippen LogP contribution is -2.35. The van der Waals surface area contributed by atoms with Gasteiger partial charge in [-0.3, -0.25) is 14.8 Å². The van der Waals surface area contributed by atoms with Gasteiger partial charge in [-0.2, -0.15) is 9.40 Å². The second kappa shape index (κ2) is 9.58. The number of sulfonamides is 1. The maximum atomic E-state index is 12.4. The Kier molecular flexibility index (Phi) is 7.08. The lowest BCUT2D eigenvalue weighted by molar-refractivity contribution is -0.122. The van der Waals surface area contributed by atoms with Gasteiger partial charge in [-0.1, -0.05) is 30.3 Å². The van der Waals surface area contributed by atoms with Gasteiger partial charge in [0.2, 0.25) is 10.0 Å². The van der Waals surface area contributed by atoms with Crippen molar-refractivity contribution < 1.29 is 27.9 Å². The van der Waals surface area contributed by atoms with Gasteiger partial charge >= 0.3 is 5.97 Å². The second-order valence-corrected chi connectivity index (χ2v) is 9.61. The third-order valence-corrected chi connectivity index (χ3v) is 6.99. The van der Waals surface area contributed by atoms with Crippen molar-refractivity contribution in [3.8, 4) is 0 Å². The Hall–Kier alpha value is -2.76. The molecule has 31 heavy (non-hydrogen) atoms. The highest BCUT2D eigenvalue weighted by Gasteiger charge is 2.50. The first-order valence-electron chi connectivity index (χ1n) is 9.72. The number of benzene rings is 1. The second-order valence-electron chi connectivity index (χ2n) is 7.67. The minimum Gasteiger partial charge on any atom is -0.483 e. The normalized spacial score (nSPS) is 23.6. The molecule has 4 rings (SSSR count). The summed E-state index contributed by atoms with van der Waals surface area (Å²) in [6.45, 7) is 2.40. The highest BCUT2D eigenvalue weighted by atomic mass is 32.2. The van der Waals surface area contributed by atoms with Crippen molar-refractivity contribution in [1.82, 2.24) is 19.4 Å². The third kappa shape index (κ3) is 4.94. The van der Waals surface area contributed by atoms with Gasteiger partial charge in [0, 0.05) is 31.7 Å². The summed E-state index contributed by atoms with van der Waals surface area (Å²) in [6.07, 6.45) is 2.94. The summed E-state index contributed by atoms with van der Waals surface area (Å²) in [6, 6.07) is 9.68. The Labute approximate surface area is 180 Å². The van der Waals surface area contributed by atoms with Crippen LogP contribution >= 0.6 is 0 Å². The summed E-state index contributed by atoms with van der Waals surface area (Å²) in [5.74, 6) is 0.0383. The maximum absolute atomic E-state index is 12.4. The minimum atomic E-state index is -3.29. The fourth-order valence-corrected chi connectivity index (χ4v) is 5.74. The Morgan fingerprint density at radius 2 is 1.97 bits per heavy atom. The van der Waals surface area contributed by atoms with Crippen LogP contribution in [0.5, 0.6) is 0 Å². The van der Waals surface area contributed by atoms with Crippen LogP contribution < -0.4 is 0 Å². The number of rotatable bonds is 5. The number of hydrogen-bond donors (Lipinski definition) is 2. The molecule has 2 saturated heterocycles. The van der Waals surface area contributed by atoms with Crippen molar-refractivity contribution >= 4 is 22.5 Å².